The van der Waals surface area contributed by atoms with Crippen LogP contribution < -0.4 is 0 Å². The SMILES string of the molecule is Cc1ccc2nnc(C3CCN(Cc4cocn4)CC3)n2n1. The lowest BCUT2D eigenvalue weighted by atomic mass is 9.96. The van der Waals surface area contributed by atoms with E-state index in [-0.39, 0.29) is 0 Å². The van der Waals surface area contributed by atoms with Crippen LogP contribution in [-0.2, 0) is 6.54 Å². The third-order valence-corrected chi connectivity index (χ3v) is 4.24. The number of likely N-dealkylation sites (tertiary alicyclic amines) is 1. The van der Waals surface area contributed by atoms with Crippen LogP contribution in [0.3, 0.4) is 0 Å². The average Bonchev–Trinajstić information content (AvgIpc) is 3.17. The molecule has 0 amide bonds. The third-order valence-electron chi connectivity index (χ3n) is 4.24. The summed E-state index contributed by atoms with van der Waals surface area (Å²) in [6, 6.07) is 3.94. The van der Waals surface area contributed by atoms with Crippen LogP contribution in [0.2, 0.25) is 0 Å². The molecule has 1 aliphatic heterocycles. The molecule has 0 atom stereocenters. The number of hydrogen-bond acceptors (Lipinski definition) is 6. The lowest BCUT2D eigenvalue weighted by Crippen LogP contribution is -2.33. The summed E-state index contributed by atoms with van der Waals surface area (Å²) >= 11 is 0. The Morgan fingerprint density at radius 2 is 2.09 bits per heavy atom. The molecule has 0 bridgehead atoms. The van der Waals surface area contributed by atoms with Crippen LogP contribution in [0.5, 0.6) is 0 Å². The molecule has 0 unspecified atom stereocenters. The molecule has 1 aliphatic rings. The largest absolute Gasteiger partial charge is 0.451 e. The van der Waals surface area contributed by atoms with Gasteiger partial charge >= 0.3 is 0 Å². The Hall–Kier alpha value is -2.28. The van der Waals surface area contributed by atoms with Crippen molar-refractivity contribution in [3.8, 4) is 0 Å². The van der Waals surface area contributed by atoms with Gasteiger partial charge < -0.3 is 4.42 Å². The van der Waals surface area contributed by atoms with Crippen LogP contribution in [0.15, 0.2) is 29.2 Å². The number of fused-ring (bicyclic) bond motifs is 1. The van der Waals surface area contributed by atoms with Crippen LogP contribution in [0.4, 0.5) is 0 Å². The van der Waals surface area contributed by atoms with E-state index in [2.05, 4.69) is 25.2 Å². The highest BCUT2D eigenvalue weighted by molar-refractivity contribution is 5.36. The Labute approximate surface area is 128 Å². The second-order valence-corrected chi connectivity index (χ2v) is 5.83. The molecule has 4 heterocycles. The first-order valence-corrected chi connectivity index (χ1v) is 7.58. The molecule has 0 N–H and O–H groups in total. The summed E-state index contributed by atoms with van der Waals surface area (Å²) < 4.78 is 6.92. The number of hydrogen-bond donors (Lipinski definition) is 0. The van der Waals surface area contributed by atoms with Crippen LogP contribution in [-0.4, -0.2) is 42.8 Å². The van der Waals surface area contributed by atoms with E-state index in [9.17, 15) is 0 Å². The monoisotopic (exact) mass is 298 g/mol. The minimum atomic E-state index is 0.415. The topological polar surface area (TPSA) is 72.4 Å². The number of piperidine rings is 1. The first kappa shape index (κ1) is 13.4. The van der Waals surface area contributed by atoms with Gasteiger partial charge in [-0.2, -0.15) is 9.61 Å². The Kier molecular flexibility index (Phi) is 3.34. The highest BCUT2D eigenvalue weighted by atomic mass is 16.3. The van der Waals surface area contributed by atoms with Crippen molar-refractivity contribution in [2.45, 2.75) is 32.2 Å². The zero-order valence-electron chi connectivity index (χ0n) is 12.5. The second-order valence-electron chi connectivity index (χ2n) is 5.83. The predicted molar refractivity (Wildman–Crippen MR) is 79.3 cm³/mol. The minimum absolute atomic E-state index is 0.415. The van der Waals surface area contributed by atoms with Crippen LogP contribution in [0.1, 0.15) is 36.0 Å². The van der Waals surface area contributed by atoms with Gasteiger partial charge in [-0.1, -0.05) is 0 Å². The molecule has 4 rings (SSSR count). The first-order valence-electron chi connectivity index (χ1n) is 7.58. The summed E-state index contributed by atoms with van der Waals surface area (Å²) in [6.07, 6.45) is 5.33. The zero-order chi connectivity index (χ0) is 14.9. The fourth-order valence-electron chi connectivity index (χ4n) is 3.05. The van der Waals surface area contributed by atoms with Gasteiger partial charge in [0, 0.05) is 12.5 Å². The predicted octanol–water partition coefficient (Wildman–Crippen LogP) is 1.80. The molecule has 1 fully saturated rings. The molecule has 3 aromatic heterocycles. The molecule has 0 aromatic carbocycles. The maximum absolute atomic E-state index is 5.03. The van der Waals surface area contributed by atoms with E-state index in [0.717, 1.165) is 55.3 Å². The fourth-order valence-corrected chi connectivity index (χ4v) is 3.05. The van der Waals surface area contributed by atoms with Gasteiger partial charge in [0.1, 0.15) is 6.26 Å². The molecule has 0 aliphatic carbocycles. The summed E-state index contributed by atoms with van der Waals surface area (Å²) in [5.41, 5.74) is 2.80. The van der Waals surface area contributed by atoms with Crippen LogP contribution in [0, 0.1) is 6.92 Å². The summed E-state index contributed by atoms with van der Waals surface area (Å²) in [6.45, 7) is 4.89. The normalized spacial score (nSPS) is 17.3. The summed E-state index contributed by atoms with van der Waals surface area (Å²) in [7, 11) is 0. The number of nitrogens with zero attached hydrogens (tertiary/aromatic N) is 6. The molecule has 3 aromatic rings. The fraction of sp³-hybridized carbons (Fsp3) is 0.467. The Bertz CT molecular complexity index is 758. The van der Waals surface area contributed by atoms with Gasteiger partial charge in [-0.05, 0) is 45.0 Å². The second kappa shape index (κ2) is 5.49. The minimum Gasteiger partial charge on any atom is -0.451 e. The Balaban J connectivity index is 1.47. The maximum atomic E-state index is 5.03. The van der Waals surface area contributed by atoms with E-state index < -0.39 is 0 Å². The molecule has 0 spiro atoms. The van der Waals surface area contributed by atoms with Crippen molar-refractivity contribution < 1.29 is 4.42 Å². The van der Waals surface area contributed by atoms with Crippen molar-refractivity contribution in [2.24, 2.45) is 0 Å². The maximum Gasteiger partial charge on any atom is 0.180 e. The van der Waals surface area contributed by atoms with Gasteiger partial charge in [0.05, 0.1) is 11.4 Å². The van der Waals surface area contributed by atoms with Crippen LogP contribution >= 0.6 is 0 Å². The molecule has 0 saturated carbocycles. The van der Waals surface area contributed by atoms with Gasteiger partial charge in [0.2, 0.25) is 0 Å². The summed E-state index contributed by atoms with van der Waals surface area (Å²) in [5.74, 6) is 1.40. The average molecular weight is 298 g/mol. The Morgan fingerprint density at radius 1 is 1.23 bits per heavy atom. The van der Waals surface area contributed by atoms with E-state index >= 15 is 0 Å². The molecule has 0 radical (unpaired) electrons. The van der Waals surface area contributed by atoms with Gasteiger partial charge in [-0.25, -0.2) is 4.98 Å². The van der Waals surface area contributed by atoms with E-state index in [1.807, 2.05) is 23.6 Å². The van der Waals surface area contributed by atoms with Crippen molar-refractivity contribution in [1.29, 1.82) is 0 Å². The molecule has 7 heteroatoms. The molecule has 22 heavy (non-hydrogen) atoms. The zero-order valence-corrected chi connectivity index (χ0v) is 12.5. The van der Waals surface area contributed by atoms with Crippen molar-refractivity contribution in [2.75, 3.05) is 13.1 Å². The molecular weight excluding hydrogens is 280 g/mol. The highest BCUT2D eigenvalue weighted by Crippen LogP contribution is 2.27. The van der Waals surface area contributed by atoms with Gasteiger partial charge in [0.25, 0.3) is 0 Å². The molecule has 1 saturated heterocycles. The Morgan fingerprint density at radius 3 is 2.86 bits per heavy atom. The van der Waals surface area contributed by atoms with Gasteiger partial charge in [-0.15, -0.1) is 10.2 Å². The van der Waals surface area contributed by atoms with Gasteiger partial charge in [0.15, 0.2) is 17.9 Å². The van der Waals surface area contributed by atoms with Crippen molar-refractivity contribution >= 4 is 5.65 Å². The van der Waals surface area contributed by atoms with Gasteiger partial charge in [-0.3, -0.25) is 4.90 Å². The lowest BCUT2D eigenvalue weighted by Gasteiger charge is -2.30. The lowest BCUT2D eigenvalue weighted by molar-refractivity contribution is 0.198. The van der Waals surface area contributed by atoms with Crippen molar-refractivity contribution in [3.63, 3.8) is 0 Å². The van der Waals surface area contributed by atoms with E-state index in [4.69, 9.17) is 4.42 Å². The number of aryl methyl sites for hydroxylation is 1. The van der Waals surface area contributed by atoms with Crippen LogP contribution in [0.25, 0.3) is 5.65 Å². The summed E-state index contributed by atoms with van der Waals surface area (Å²) in [4.78, 5) is 6.58. The number of aromatic nitrogens is 5. The third kappa shape index (κ3) is 2.48. The first-order chi connectivity index (χ1) is 10.8. The van der Waals surface area contributed by atoms with E-state index in [1.165, 1.54) is 6.39 Å². The van der Waals surface area contributed by atoms with E-state index in [0.29, 0.717) is 5.92 Å². The quantitative estimate of drug-likeness (QED) is 0.734. The molecular formula is C15H18N6O. The smallest absolute Gasteiger partial charge is 0.180 e. The standard InChI is InChI=1S/C15H18N6O/c1-11-2-3-14-17-18-15(21(14)19-11)12-4-6-20(7-5-12)8-13-9-22-10-16-13/h2-3,9-10,12H,4-8H2,1H3. The molecule has 114 valence electrons. The molecule has 7 nitrogen and oxygen atoms in total. The van der Waals surface area contributed by atoms with Crippen molar-refractivity contribution in [3.05, 3.63) is 42.0 Å². The number of oxazole rings is 1. The summed E-state index contributed by atoms with van der Waals surface area (Å²) in [5, 5.41) is 13.1. The van der Waals surface area contributed by atoms with Crippen molar-refractivity contribution in [1.82, 2.24) is 29.7 Å². The van der Waals surface area contributed by atoms with E-state index in [1.54, 1.807) is 6.26 Å². The number of rotatable bonds is 3. The highest BCUT2D eigenvalue weighted by Gasteiger charge is 2.25.